The van der Waals surface area contributed by atoms with Crippen molar-refractivity contribution >= 4 is 21.7 Å². The van der Waals surface area contributed by atoms with Crippen molar-refractivity contribution in [3.63, 3.8) is 0 Å². The Labute approximate surface area is 108 Å². The molecule has 1 nitrogen and oxygen atoms in total. The third-order valence-electron chi connectivity index (χ3n) is 2.62. The van der Waals surface area contributed by atoms with Crippen molar-refractivity contribution in [1.29, 1.82) is 0 Å². The molecule has 0 aliphatic heterocycles. The zero-order valence-electron chi connectivity index (χ0n) is 8.82. The van der Waals surface area contributed by atoms with Crippen LogP contribution >= 0.6 is 0 Å². The summed E-state index contributed by atoms with van der Waals surface area (Å²) in [6, 6.07) is 15.7. The molecule has 3 aromatic rings. The number of aromatic nitrogens is 1. The van der Waals surface area contributed by atoms with E-state index < -0.39 is 0 Å². The van der Waals surface area contributed by atoms with Gasteiger partial charge in [0.05, 0.1) is 0 Å². The average molecular weight is 384 g/mol. The van der Waals surface area contributed by atoms with Crippen LogP contribution in [0.4, 0.5) is 0 Å². The summed E-state index contributed by atoms with van der Waals surface area (Å²) in [6.07, 6.45) is 1.91. The van der Waals surface area contributed by atoms with Crippen molar-refractivity contribution in [3.05, 3.63) is 54.2 Å². The number of hydrogen-bond donors (Lipinski definition) is 0. The molecule has 0 aliphatic carbocycles. The minimum atomic E-state index is 0. The minimum absolute atomic E-state index is 0. The molecule has 3 rings (SSSR count). The summed E-state index contributed by atoms with van der Waals surface area (Å²) < 4.78 is 0. The van der Waals surface area contributed by atoms with Gasteiger partial charge in [0, 0.05) is 26.3 Å². The van der Waals surface area contributed by atoms with E-state index >= 15 is 0 Å². The van der Waals surface area contributed by atoms with Gasteiger partial charge < -0.3 is 4.98 Å². The van der Waals surface area contributed by atoms with Crippen molar-refractivity contribution in [2.24, 2.45) is 0 Å². The number of aryl methyl sites for hydroxylation is 1. The first-order chi connectivity index (χ1) is 7.34. The van der Waals surface area contributed by atoms with Crippen molar-refractivity contribution in [1.82, 2.24) is 4.98 Å². The topological polar surface area (TPSA) is 12.9 Å². The van der Waals surface area contributed by atoms with Crippen LogP contribution < -0.4 is 0 Å². The van der Waals surface area contributed by atoms with Gasteiger partial charge in [-0.3, -0.25) is 0 Å². The largest absolute Gasteiger partial charge is 0.304 e. The summed E-state index contributed by atoms with van der Waals surface area (Å²) >= 11 is 0. The second kappa shape index (κ2) is 4.32. The molecule has 1 radical (unpaired) electrons. The summed E-state index contributed by atoms with van der Waals surface area (Å²) in [5.74, 6) is 0. The van der Waals surface area contributed by atoms with Gasteiger partial charge in [0.1, 0.15) is 0 Å². The Morgan fingerprint density at radius 2 is 1.94 bits per heavy atom. The van der Waals surface area contributed by atoms with Gasteiger partial charge in [0.25, 0.3) is 0 Å². The summed E-state index contributed by atoms with van der Waals surface area (Å²) in [7, 11) is 0. The van der Waals surface area contributed by atoms with Crippen molar-refractivity contribution in [2.45, 2.75) is 6.92 Å². The van der Waals surface area contributed by atoms with E-state index in [1.54, 1.807) is 0 Å². The Morgan fingerprint density at radius 3 is 2.81 bits per heavy atom. The van der Waals surface area contributed by atoms with Gasteiger partial charge >= 0.3 is 0 Å². The van der Waals surface area contributed by atoms with Gasteiger partial charge in [-0.25, -0.2) is 0 Å². The summed E-state index contributed by atoms with van der Waals surface area (Å²) in [5, 5.41) is 3.49. The molecule has 0 unspecified atom stereocenters. The molecule has 0 atom stereocenters. The average Bonchev–Trinajstić information content (AvgIpc) is 2.28. The zero-order valence-corrected chi connectivity index (χ0v) is 11.2. The Kier molecular flexibility index (Phi) is 3.04. The standard InChI is InChI=1S/C14H10N.Ir/c1-10-8-12-7-6-11-4-2-3-5-13(11)14(12)15-9-10;/h2-4,6-9H,1H3;/q-1;. The molecule has 2 aromatic carbocycles. The Bertz CT molecular complexity index is 646. The van der Waals surface area contributed by atoms with E-state index in [-0.39, 0.29) is 20.1 Å². The fourth-order valence-corrected chi connectivity index (χ4v) is 1.90. The number of pyridine rings is 1. The van der Waals surface area contributed by atoms with Crippen LogP contribution in [0, 0.1) is 13.0 Å². The summed E-state index contributed by atoms with van der Waals surface area (Å²) in [4.78, 5) is 4.48. The molecule has 0 saturated carbocycles. The molecular formula is C14H10IrN-. The number of nitrogens with zero attached hydrogens (tertiary/aromatic N) is 1. The van der Waals surface area contributed by atoms with Gasteiger partial charge in [-0.15, -0.1) is 35.0 Å². The van der Waals surface area contributed by atoms with E-state index in [0.717, 1.165) is 10.9 Å². The van der Waals surface area contributed by atoms with E-state index in [1.165, 1.54) is 16.3 Å². The first-order valence-corrected chi connectivity index (χ1v) is 5.00. The maximum atomic E-state index is 4.48. The second-order valence-electron chi connectivity index (χ2n) is 3.78. The fourth-order valence-electron chi connectivity index (χ4n) is 1.90. The summed E-state index contributed by atoms with van der Waals surface area (Å²) in [5.41, 5.74) is 2.23. The molecule has 2 heteroatoms. The van der Waals surface area contributed by atoms with Gasteiger partial charge in [0.2, 0.25) is 0 Å². The van der Waals surface area contributed by atoms with Gasteiger partial charge in [-0.05, 0) is 23.4 Å². The molecule has 16 heavy (non-hydrogen) atoms. The van der Waals surface area contributed by atoms with Gasteiger partial charge in [-0.2, -0.15) is 0 Å². The molecule has 81 valence electrons. The number of rotatable bonds is 0. The van der Waals surface area contributed by atoms with Crippen LogP contribution in [0.15, 0.2) is 42.6 Å². The molecule has 0 amide bonds. The van der Waals surface area contributed by atoms with E-state index in [4.69, 9.17) is 0 Å². The van der Waals surface area contributed by atoms with Crippen LogP contribution in [-0.2, 0) is 20.1 Å². The smallest absolute Gasteiger partial charge is 0.0190 e. The van der Waals surface area contributed by atoms with E-state index in [1.807, 2.05) is 18.3 Å². The van der Waals surface area contributed by atoms with Crippen molar-refractivity contribution in [3.8, 4) is 0 Å². The Morgan fingerprint density at radius 1 is 1.12 bits per heavy atom. The third-order valence-corrected chi connectivity index (χ3v) is 2.62. The maximum absolute atomic E-state index is 4.48. The normalized spacial score (nSPS) is 10.3. The zero-order chi connectivity index (χ0) is 10.3. The molecule has 0 aliphatic rings. The van der Waals surface area contributed by atoms with Crippen molar-refractivity contribution < 1.29 is 20.1 Å². The molecule has 0 bridgehead atoms. The van der Waals surface area contributed by atoms with E-state index in [0.29, 0.717) is 0 Å². The monoisotopic (exact) mass is 385 g/mol. The van der Waals surface area contributed by atoms with Crippen LogP contribution in [0.3, 0.4) is 0 Å². The first kappa shape index (κ1) is 11.3. The molecule has 1 heterocycles. The van der Waals surface area contributed by atoms with Crippen LogP contribution in [0.2, 0.25) is 0 Å². The number of hydrogen-bond acceptors (Lipinski definition) is 1. The maximum Gasteiger partial charge on any atom is 0.0190 e. The molecule has 1 aromatic heterocycles. The van der Waals surface area contributed by atoms with Crippen LogP contribution in [0.5, 0.6) is 0 Å². The van der Waals surface area contributed by atoms with Crippen LogP contribution in [0.25, 0.3) is 21.7 Å². The second-order valence-corrected chi connectivity index (χ2v) is 3.78. The quantitative estimate of drug-likeness (QED) is 0.427. The number of fused-ring (bicyclic) bond motifs is 3. The van der Waals surface area contributed by atoms with Crippen LogP contribution in [0.1, 0.15) is 5.56 Å². The fraction of sp³-hybridized carbons (Fsp3) is 0.0714. The minimum Gasteiger partial charge on any atom is -0.304 e. The van der Waals surface area contributed by atoms with Gasteiger partial charge in [0.15, 0.2) is 0 Å². The third kappa shape index (κ3) is 1.75. The van der Waals surface area contributed by atoms with E-state index in [9.17, 15) is 0 Å². The SMILES string of the molecule is Cc1cnc2c(ccc3ccc[c-]c32)c1.[Ir]. The first-order valence-electron chi connectivity index (χ1n) is 5.00. The predicted molar refractivity (Wildman–Crippen MR) is 62.8 cm³/mol. The Hall–Kier alpha value is -1.24. The molecule has 0 N–H and O–H groups in total. The van der Waals surface area contributed by atoms with E-state index in [2.05, 4.69) is 42.2 Å². The van der Waals surface area contributed by atoms with Crippen LogP contribution in [-0.4, -0.2) is 4.98 Å². The molecular weight excluding hydrogens is 374 g/mol. The molecule has 0 fully saturated rings. The number of benzene rings is 2. The Balaban J connectivity index is 0.000000963. The van der Waals surface area contributed by atoms with Gasteiger partial charge in [-0.1, -0.05) is 18.2 Å². The molecule has 0 saturated heterocycles. The van der Waals surface area contributed by atoms with Crippen molar-refractivity contribution in [2.75, 3.05) is 0 Å². The molecule has 0 spiro atoms. The summed E-state index contributed by atoms with van der Waals surface area (Å²) in [6.45, 7) is 2.06. The predicted octanol–water partition coefficient (Wildman–Crippen LogP) is 3.49.